The minimum Gasteiger partial charge on any atom is -0.454 e. The Morgan fingerprint density at radius 1 is 1.00 bits per heavy atom. The lowest BCUT2D eigenvalue weighted by Crippen LogP contribution is -2.33. The van der Waals surface area contributed by atoms with Crippen molar-refractivity contribution < 1.29 is 23.5 Å². The molecule has 142 valence electrons. The number of carbonyl (C=O) groups is 3. The Balaban J connectivity index is 1.71. The summed E-state index contributed by atoms with van der Waals surface area (Å²) in [5, 5.41) is 5.27. The normalized spacial score (nSPS) is 10.2. The van der Waals surface area contributed by atoms with Gasteiger partial charge in [-0.3, -0.25) is 14.4 Å². The molecule has 0 aliphatic carbocycles. The smallest absolute Gasteiger partial charge is 0.325 e. The lowest BCUT2D eigenvalue weighted by atomic mass is 10.2. The van der Waals surface area contributed by atoms with Gasteiger partial charge in [-0.25, -0.2) is 4.39 Å². The number of hydrogen-bond acceptors (Lipinski definition) is 4. The molecule has 6 nitrogen and oxygen atoms in total. The highest BCUT2D eigenvalue weighted by atomic mass is 35.5. The summed E-state index contributed by atoms with van der Waals surface area (Å²) in [6, 6.07) is 10.2. The second-order valence-corrected chi connectivity index (χ2v) is 6.15. The Morgan fingerprint density at radius 3 is 2.44 bits per heavy atom. The predicted molar refractivity (Wildman–Crippen MR) is 98.0 cm³/mol. The zero-order valence-electron chi connectivity index (χ0n) is 13.9. The number of hydrogen-bond donors (Lipinski definition) is 2. The van der Waals surface area contributed by atoms with Crippen LogP contribution >= 0.6 is 23.2 Å². The summed E-state index contributed by atoms with van der Waals surface area (Å²) in [4.78, 5) is 35.2. The van der Waals surface area contributed by atoms with Gasteiger partial charge in [0.15, 0.2) is 6.61 Å². The maximum absolute atomic E-state index is 13.4. The molecular formula is C18H15Cl2FN2O4. The Morgan fingerprint density at radius 2 is 1.74 bits per heavy atom. The molecule has 2 N–H and O–H groups in total. The fraction of sp³-hybridized carbons (Fsp3) is 0.167. The van der Waals surface area contributed by atoms with E-state index < -0.39 is 36.8 Å². The molecule has 0 saturated heterocycles. The van der Waals surface area contributed by atoms with Gasteiger partial charge in [-0.2, -0.15) is 0 Å². The van der Waals surface area contributed by atoms with Crippen LogP contribution in [0.2, 0.25) is 10.0 Å². The molecule has 0 spiro atoms. The molecular weight excluding hydrogens is 398 g/mol. The highest BCUT2D eigenvalue weighted by Crippen LogP contribution is 2.22. The number of halogens is 3. The van der Waals surface area contributed by atoms with Crippen LogP contribution in [-0.2, 0) is 20.9 Å². The summed E-state index contributed by atoms with van der Waals surface area (Å²) in [7, 11) is 0. The molecule has 0 heterocycles. The largest absolute Gasteiger partial charge is 0.454 e. The Kier molecular flexibility index (Phi) is 7.57. The predicted octanol–water partition coefficient (Wildman–Crippen LogP) is 2.72. The van der Waals surface area contributed by atoms with Crippen LogP contribution in [0, 0.1) is 5.82 Å². The van der Waals surface area contributed by atoms with Gasteiger partial charge in [0.2, 0.25) is 0 Å². The first kappa shape index (κ1) is 20.7. The summed E-state index contributed by atoms with van der Waals surface area (Å²) in [5.41, 5.74) is 0.533. The van der Waals surface area contributed by atoms with E-state index in [9.17, 15) is 18.8 Å². The molecule has 0 aliphatic rings. The molecule has 2 aromatic carbocycles. The second kappa shape index (κ2) is 9.89. The number of benzene rings is 2. The molecule has 0 fully saturated rings. The first-order valence-electron chi connectivity index (χ1n) is 7.76. The third kappa shape index (κ3) is 6.54. The monoisotopic (exact) mass is 412 g/mol. The van der Waals surface area contributed by atoms with Crippen LogP contribution in [-0.4, -0.2) is 30.9 Å². The van der Waals surface area contributed by atoms with Crippen molar-refractivity contribution >= 4 is 41.0 Å². The third-order valence-corrected chi connectivity index (χ3v) is 4.11. The van der Waals surface area contributed by atoms with Gasteiger partial charge in [0, 0.05) is 17.7 Å². The van der Waals surface area contributed by atoms with Crippen LogP contribution in [0.4, 0.5) is 4.39 Å². The standard InChI is InChI=1S/C18H15Cl2FN2O4/c19-13-6-5-11(7-14(13)20)18(26)23-9-17(25)27-10-16(24)22-8-12-3-1-2-4-15(12)21/h1-7H,8-10H2,(H,22,24)(H,23,26). The summed E-state index contributed by atoms with van der Waals surface area (Å²) in [5.74, 6) is -2.39. The van der Waals surface area contributed by atoms with Crippen LogP contribution in [0.3, 0.4) is 0 Å². The van der Waals surface area contributed by atoms with Crippen molar-refractivity contribution in [2.45, 2.75) is 6.54 Å². The van der Waals surface area contributed by atoms with Crippen molar-refractivity contribution in [3.8, 4) is 0 Å². The molecule has 0 unspecified atom stereocenters. The molecule has 2 aromatic rings. The average molecular weight is 413 g/mol. The maximum Gasteiger partial charge on any atom is 0.325 e. The fourth-order valence-electron chi connectivity index (χ4n) is 1.98. The van der Waals surface area contributed by atoms with E-state index >= 15 is 0 Å². The van der Waals surface area contributed by atoms with E-state index in [1.54, 1.807) is 6.07 Å². The van der Waals surface area contributed by atoms with Gasteiger partial charge in [-0.15, -0.1) is 0 Å². The summed E-state index contributed by atoms with van der Waals surface area (Å²) < 4.78 is 18.2. The van der Waals surface area contributed by atoms with Crippen molar-refractivity contribution in [1.82, 2.24) is 10.6 Å². The van der Waals surface area contributed by atoms with Crippen molar-refractivity contribution in [3.05, 3.63) is 69.5 Å². The van der Waals surface area contributed by atoms with Gasteiger partial charge in [0.1, 0.15) is 12.4 Å². The highest BCUT2D eigenvalue weighted by molar-refractivity contribution is 6.42. The number of nitrogens with one attached hydrogen (secondary N) is 2. The van der Waals surface area contributed by atoms with E-state index in [0.717, 1.165) is 0 Å². The zero-order chi connectivity index (χ0) is 19.8. The van der Waals surface area contributed by atoms with Gasteiger partial charge in [0.05, 0.1) is 10.0 Å². The molecule has 0 aromatic heterocycles. The SMILES string of the molecule is O=C(COC(=O)CNC(=O)c1ccc(Cl)c(Cl)c1)NCc1ccccc1F. The molecule has 2 amide bonds. The lowest BCUT2D eigenvalue weighted by Gasteiger charge is -2.08. The maximum atomic E-state index is 13.4. The Bertz CT molecular complexity index is 861. The Labute approximate surface area is 164 Å². The average Bonchev–Trinajstić information content (AvgIpc) is 2.65. The van der Waals surface area contributed by atoms with Gasteiger partial charge < -0.3 is 15.4 Å². The van der Waals surface area contributed by atoms with Crippen LogP contribution in [0.1, 0.15) is 15.9 Å². The first-order chi connectivity index (χ1) is 12.9. The van der Waals surface area contributed by atoms with Crippen LogP contribution in [0.25, 0.3) is 0 Å². The zero-order valence-corrected chi connectivity index (χ0v) is 15.4. The number of ether oxygens (including phenoxy) is 1. The number of esters is 1. The van der Waals surface area contributed by atoms with Gasteiger partial charge in [-0.1, -0.05) is 41.4 Å². The quantitative estimate of drug-likeness (QED) is 0.684. The Hall–Kier alpha value is -2.64. The van der Waals surface area contributed by atoms with E-state index in [2.05, 4.69) is 10.6 Å². The molecule has 0 bridgehead atoms. The highest BCUT2D eigenvalue weighted by Gasteiger charge is 2.12. The molecule has 0 aliphatic heterocycles. The lowest BCUT2D eigenvalue weighted by molar-refractivity contribution is -0.147. The van der Waals surface area contributed by atoms with Crippen molar-refractivity contribution in [1.29, 1.82) is 0 Å². The molecule has 2 rings (SSSR count). The first-order valence-corrected chi connectivity index (χ1v) is 8.51. The van der Waals surface area contributed by atoms with E-state index in [-0.39, 0.29) is 17.1 Å². The van der Waals surface area contributed by atoms with E-state index in [1.165, 1.54) is 36.4 Å². The van der Waals surface area contributed by atoms with Crippen molar-refractivity contribution in [2.75, 3.05) is 13.2 Å². The summed E-state index contributed by atoms with van der Waals surface area (Å²) in [6.45, 7) is -1.01. The third-order valence-electron chi connectivity index (χ3n) is 3.37. The van der Waals surface area contributed by atoms with Gasteiger partial charge >= 0.3 is 5.97 Å². The van der Waals surface area contributed by atoms with Crippen LogP contribution in [0.15, 0.2) is 42.5 Å². The number of amides is 2. The molecule has 9 heteroatoms. The minimum atomic E-state index is -0.801. The van der Waals surface area contributed by atoms with Crippen LogP contribution < -0.4 is 10.6 Å². The molecule has 0 saturated carbocycles. The molecule has 0 radical (unpaired) electrons. The molecule has 0 atom stereocenters. The second-order valence-electron chi connectivity index (χ2n) is 5.34. The summed E-state index contributed by atoms with van der Waals surface area (Å²) >= 11 is 11.6. The number of rotatable bonds is 7. The van der Waals surface area contributed by atoms with Gasteiger partial charge in [0.25, 0.3) is 11.8 Å². The van der Waals surface area contributed by atoms with E-state index in [0.29, 0.717) is 10.6 Å². The van der Waals surface area contributed by atoms with Gasteiger partial charge in [-0.05, 0) is 24.3 Å². The topological polar surface area (TPSA) is 84.5 Å². The van der Waals surface area contributed by atoms with Crippen LogP contribution in [0.5, 0.6) is 0 Å². The summed E-state index contributed by atoms with van der Waals surface area (Å²) in [6.07, 6.45) is 0. The van der Waals surface area contributed by atoms with E-state index in [1.807, 2.05) is 0 Å². The molecule has 27 heavy (non-hydrogen) atoms. The van der Waals surface area contributed by atoms with Crippen molar-refractivity contribution in [3.63, 3.8) is 0 Å². The van der Waals surface area contributed by atoms with E-state index in [4.69, 9.17) is 27.9 Å². The number of carbonyl (C=O) groups excluding carboxylic acids is 3. The van der Waals surface area contributed by atoms with Crippen molar-refractivity contribution in [2.24, 2.45) is 0 Å². The minimum absolute atomic E-state index is 0.0306. The fourth-order valence-corrected chi connectivity index (χ4v) is 2.27.